The first-order chi connectivity index (χ1) is 5.34. The molecule has 1 fully saturated rings. The molecule has 1 aliphatic heterocycles. The third kappa shape index (κ3) is 2.36. The maximum Gasteiger partial charge on any atom is 0.138 e. The molecular weight excluding hydrogens is 138 g/mol. The summed E-state index contributed by atoms with van der Waals surface area (Å²) in [5.41, 5.74) is 0. The molecule has 0 amide bonds. The first-order valence-corrected chi connectivity index (χ1v) is 4.01. The SMILES string of the molecule is C#CCCC(=O)C1CCNC1. The Hall–Kier alpha value is -0.810. The fourth-order valence-corrected chi connectivity index (χ4v) is 1.33. The van der Waals surface area contributed by atoms with Gasteiger partial charge < -0.3 is 5.32 Å². The molecule has 0 aromatic carbocycles. The van der Waals surface area contributed by atoms with Crippen molar-refractivity contribution in [3.63, 3.8) is 0 Å². The predicted molar refractivity (Wildman–Crippen MR) is 44.1 cm³/mol. The van der Waals surface area contributed by atoms with Crippen LogP contribution in [0.15, 0.2) is 0 Å². The highest BCUT2D eigenvalue weighted by Crippen LogP contribution is 2.11. The lowest BCUT2D eigenvalue weighted by atomic mass is 10.00. The van der Waals surface area contributed by atoms with Crippen LogP contribution in [0.1, 0.15) is 19.3 Å². The topological polar surface area (TPSA) is 29.1 Å². The lowest BCUT2D eigenvalue weighted by Gasteiger charge is -2.03. The molecule has 0 aromatic heterocycles. The Morgan fingerprint density at radius 2 is 2.55 bits per heavy atom. The average Bonchev–Trinajstić information content (AvgIpc) is 2.52. The van der Waals surface area contributed by atoms with Crippen molar-refractivity contribution >= 4 is 5.78 Å². The van der Waals surface area contributed by atoms with Crippen LogP contribution in [0, 0.1) is 18.3 Å². The Morgan fingerprint density at radius 1 is 1.73 bits per heavy atom. The smallest absolute Gasteiger partial charge is 0.138 e. The van der Waals surface area contributed by atoms with Crippen LogP contribution in [0.3, 0.4) is 0 Å². The Bertz CT molecular complexity index is 174. The summed E-state index contributed by atoms with van der Waals surface area (Å²) < 4.78 is 0. The Balaban J connectivity index is 2.24. The molecule has 1 N–H and O–H groups in total. The number of ketones is 1. The van der Waals surface area contributed by atoms with Crippen LogP contribution in [0.25, 0.3) is 0 Å². The van der Waals surface area contributed by atoms with Gasteiger partial charge in [-0.15, -0.1) is 12.3 Å². The van der Waals surface area contributed by atoms with E-state index < -0.39 is 0 Å². The highest BCUT2D eigenvalue weighted by atomic mass is 16.1. The normalized spacial score (nSPS) is 23.0. The van der Waals surface area contributed by atoms with Crippen molar-refractivity contribution < 1.29 is 4.79 Å². The van der Waals surface area contributed by atoms with Crippen LogP contribution in [0.2, 0.25) is 0 Å². The van der Waals surface area contributed by atoms with Crippen LogP contribution in [0.4, 0.5) is 0 Å². The van der Waals surface area contributed by atoms with Crippen LogP contribution < -0.4 is 5.32 Å². The summed E-state index contributed by atoms with van der Waals surface area (Å²) in [5.74, 6) is 3.05. The summed E-state index contributed by atoms with van der Waals surface area (Å²) in [4.78, 5) is 11.3. The summed E-state index contributed by atoms with van der Waals surface area (Å²) in [5, 5.41) is 3.16. The number of terminal acetylenes is 1. The second-order valence-corrected chi connectivity index (χ2v) is 2.86. The zero-order valence-corrected chi connectivity index (χ0v) is 6.60. The van der Waals surface area contributed by atoms with Crippen molar-refractivity contribution in [1.29, 1.82) is 0 Å². The molecule has 1 aliphatic rings. The molecule has 0 aliphatic carbocycles. The molecule has 2 nitrogen and oxygen atoms in total. The van der Waals surface area contributed by atoms with E-state index in [4.69, 9.17) is 6.42 Å². The second-order valence-electron chi connectivity index (χ2n) is 2.86. The number of hydrogen-bond acceptors (Lipinski definition) is 2. The first kappa shape index (κ1) is 8.29. The summed E-state index contributed by atoms with van der Waals surface area (Å²) in [6, 6.07) is 0. The van der Waals surface area contributed by atoms with Crippen molar-refractivity contribution in [3.8, 4) is 12.3 Å². The standard InChI is InChI=1S/C9H13NO/c1-2-3-4-9(11)8-5-6-10-7-8/h1,8,10H,3-7H2. The van der Waals surface area contributed by atoms with Gasteiger partial charge in [0.25, 0.3) is 0 Å². The van der Waals surface area contributed by atoms with Crippen LogP contribution in [-0.2, 0) is 4.79 Å². The number of hydrogen-bond donors (Lipinski definition) is 1. The van der Waals surface area contributed by atoms with E-state index in [1.807, 2.05) is 0 Å². The molecule has 0 radical (unpaired) electrons. The van der Waals surface area contributed by atoms with Gasteiger partial charge >= 0.3 is 0 Å². The van der Waals surface area contributed by atoms with E-state index in [0.717, 1.165) is 19.5 Å². The predicted octanol–water partition coefficient (Wildman–Crippen LogP) is 0.578. The number of carbonyl (C=O) groups is 1. The van der Waals surface area contributed by atoms with Gasteiger partial charge in [0.1, 0.15) is 5.78 Å². The van der Waals surface area contributed by atoms with Gasteiger partial charge in [0, 0.05) is 25.3 Å². The Morgan fingerprint density at radius 3 is 3.09 bits per heavy atom. The first-order valence-electron chi connectivity index (χ1n) is 4.01. The molecule has 0 bridgehead atoms. The van der Waals surface area contributed by atoms with Gasteiger partial charge in [-0.05, 0) is 13.0 Å². The summed E-state index contributed by atoms with van der Waals surface area (Å²) in [7, 11) is 0. The molecule has 1 heterocycles. The summed E-state index contributed by atoms with van der Waals surface area (Å²) >= 11 is 0. The van der Waals surface area contributed by atoms with E-state index in [2.05, 4.69) is 11.2 Å². The molecule has 0 spiro atoms. The zero-order valence-electron chi connectivity index (χ0n) is 6.60. The number of nitrogens with one attached hydrogen (secondary N) is 1. The van der Waals surface area contributed by atoms with Gasteiger partial charge in [0.2, 0.25) is 0 Å². The van der Waals surface area contributed by atoms with Gasteiger partial charge in [0.15, 0.2) is 0 Å². The summed E-state index contributed by atoms with van der Waals surface area (Å²) in [6.07, 6.45) is 7.20. The van der Waals surface area contributed by atoms with Gasteiger partial charge in [-0.1, -0.05) is 0 Å². The molecule has 1 saturated heterocycles. The van der Waals surface area contributed by atoms with Gasteiger partial charge in [-0.25, -0.2) is 0 Å². The van der Waals surface area contributed by atoms with Gasteiger partial charge in [-0.2, -0.15) is 0 Å². The fraction of sp³-hybridized carbons (Fsp3) is 0.667. The van der Waals surface area contributed by atoms with Crippen molar-refractivity contribution in [1.82, 2.24) is 5.32 Å². The molecule has 60 valence electrons. The van der Waals surface area contributed by atoms with Crippen molar-refractivity contribution in [3.05, 3.63) is 0 Å². The van der Waals surface area contributed by atoms with E-state index in [1.165, 1.54) is 0 Å². The minimum atomic E-state index is 0.239. The zero-order chi connectivity index (χ0) is 8.10. The maximum absolute atomic E-state index is 11.3. The highest BCUT2D eigenvalue weighted by molar-refractivity contribution is 5.81. The lowest BCUT2D eigenvalue weighted by Crippen LogP contribution is -2.17. The Labute approximate surface area is 67.4 Å². The molecule has 0 saturated carbocycles. The minimum absolute atomic E-state index is 0.239. The van der Waals surface area contributed by atoms with Gasteiger partial charge in [-0.3, -0.25) is 4.79 Å². The quantitative estimate of drug-likeness (QED) is 0.598. The largest absolute Gasteiger partial charge is 0.316 e. The van der Waals surface area contributed by atoms with Crippen LogP contribution >= 0.6 is 0 Å². The van der Waals surface area contributed by atoms with Crippen molar-refractivity contribution in [2.75, 3.05) is 13.1 Å². The van der Waals surface area contributed by atoms with E-state index in [9.17, 15) is 4.79 Å². The van der Waals surface area contributed by atoms with Crippen molar-refractivity contribution in [2.45, 2.75) is 19.3 Å². The van der Waals surface area contributed by atoms with E-state index >= 15 is 0 Å². The van der Waals surface area contributed by atoms with Crippen LogP contribution in [-0.4, -0.2) is 18.9 Å². The van der Waals surface area contributed by atoms with E-state index in [1.54, 1.807) is 0 Å². The highest BCUT2D eigenvalue weighted by Gasteiger charge is 2.20. The molecule has 11 heavy (non-hydrogen) atoms. The molecule has 0 aromatic rings. The van der Waals surface area contributed by atoms with Crippen molar-refractivity contribution in [2.24, 2.45) is 5.92 Å². The lowest BCUT2D eigenvalue weighted by molar-refractivity contribution is -0.122. The molecule has 1 rings (SSSR count). The Kier molecular flexibility index (Phi) is 3.13. The molecule has 2 heteroatoms. The van der Waals surface area contributed by atoms with Gasteiger partial charge in [0.05, 0.1) is 0 Å². The fourth-order valence-electron chi connectivity index (χ4n) is 1.33. The number of Topliss-reactive ketones (excluding diaryl/α,β-unsaturated/α-hetero) is 1. The minimum Gasteiger partial charge on any atom is -0.316 e. The monoisotopic (exact) mass is 151 g/mol. The molecule has 1 atom stereocenters. The summed E-state index contributed by atoms with van der Waals surface area (Å²) in [6.45, 7) is 1.83. The van der Waals surface area contributed by atoms with E-state index in [-0.39, 0.29) is 5.92 Å². The van der Waals surface area contributed by atoms with Crippen LogP contribution in [0.5, 0.6) is 0 Å². The van der Waals surface area contributed by atoms with E-state index in [0.29, 0.717) is 18.6 Å². The third-order valence-electron chi connectivity index (χ3n) is 2.03. The number of rotatable bonds is 3. The number of carbonyl (C=O) groups excluding carboxylic acids is 1. The average molecular weight is 151 g/mol. The maximum atomic E-state index is 11.3. The second kappa shape index (κ2) is 4.15. The molecular formula is C9H13NO. The third-order valence-corrected chi connectivity index (χ3v) is 2.03. The molecule has 1 unspecified atom stereocenters.